The van der Waals surface area contributed by atoms with E-state index in [1.54, 1.807) is 0 Å². The standard InChI is InChI=1S/C13H28N2O/c1-13(6-9-15(2)10-7-13)12-14-8-4-3-5-11-16/h14,16H,3-12H2,1-2H3. The molecule has 16 heavy (non-hydrogen) atoms. The van der Waals surface area contributed by atoms with Crippen LogP contribution in [0, 0.1) is 5.41 Å². The molecule has 0 unspecified atom stereocenters. The number of aliphatic hydroxyl groups is 1. The van der Waals surface area contributed by atoms with Crippen LogP contribution in [0.1, 0.15) is 39.0 Å². The van der Waals surface area contributed by atoms with E-state index in [9.17, 15) is 0 Å². The van der Waals surface area contributed by atoms with Gasteiger partial charge in [0.25, 0.3) is 0 Å². The molecule has 0 aromatic heterocycles. The first-order valence-electron chi connectivity index (χ1n) is 6.66. The molecule has 1 fully saturated rings. The molecule has 1 aliphatic rings. The van der Waals surface area contributed by atoms with Crippen LogP contribution in [-0.2, 0) is 0 Å². The van der Waals surface area contributed by atoms with E-state index in [-0.39, 0.29) is 0 Å². The molecule has 1 aliphatic heterocycles. The minimum absolute atomic E-state index is 0.337. The van der Waals surface area contributed by atoms with Gasteiger partial charge in [0.1, 0.15) is 0 Å². The highest BCUT2D eigenvalue weighted by molar-refractivity contribution is 4.83. The lowest BCUT2D eigenvalue weighted by molar-refractivity contribution is 0.137. The lowest BCUT2D eigenvalue weighted by Crippen LogP contribution is -2.42. The summed E-state index contributed by atoms with van der Waals surface area (Å²) >= 11 is 0. The van der Waals surface area contributed by atoms with E-state index in [0.717, 1.165) is 25.9 Å². The Bertz CT molecular complexity index is 177. The lowest BCUT2D eigenvalue weighted by Gasteiger charge is -2.38. The number of likely N-dealkylation sites (tertiary alicyclic amines) is 1. The van der Waals surface area contributed by atoms with Crippen LogP contribution in [0.25, 0.3) is 0 Å². The topological polar surface area (TPSA) is 35.5 Å². The summed E-state index contributed by atoms with van der Waals surface area (Å²) in [4.78, 5) is 2.42. The predicted molar refractivity (Wildman–Crippen MR) is 68.6 cm³/mol. The summed E-state index contributed by atoms with van der Waals surface area (Å²) in [6, 6.07) is 0. The van der Waals surface area contributed by atoms with Crippen LogP contribution in [0.15, 0.2) is 0 Å². The Hall–Kier alpha value is -0.120. The van der Waals surface area contributed by atoms with Crippen molar-refractivity contribution in [1.82, 2.24) is 10.2 Å². The molecule has 1 rings (SSSR count). The Morgan fingerprint density at radius 3 is 2.50 bits per heavy atom. The number of aliphatic hydroxyl groups excluding tert-OH is 1. The van der Waals surface area contributed by atoms with Crippen molar-refractivity contribution >= 4 is 0 Å². The first kappa shape index (κ1) is 13.9. The quantitative estimate of drug-likeness (QED) is 0.648. The molecule has 0 amide bonds. The fraction of sp³-hybridized carbons (Fsp3) is 1.00. The molecule has 0 aromatic rings. The Balaban J connectivity index is 2.03. The molecule has 0 aliphatic carbocycles. The van der Waals surface area contributed by atoms with Crippen molar-refractivity contribution in [1.29, 1.82) is 0 Å². The average Bonchev–Trinajstić information content (AvgIpc) is 2.28. The molecule has 0 atom stereocenters. The average molecular weight is 228 g/mol. The van der Waals surface area contributed by atoms with E-state index >= 15 is 0 Å². The third-order valence-corrected chi connectivity index (χ3v) is 3.76. The van der Waals surface area contributed by atoms with Crippen molar-refractivity contribution in [2.24, 2.45) is 5.41 Å². The number of piperidine rings is 1. The normalized spacial score (nSPS) is 21.2. The van der Waals surface area contributed by atoms with Gasteiger partial charge in [0.05, 0.1) is 0 Å². The van der Waals surface area contributed by atoms with Crippen molar-refractivity contribution in [3.63, 3.8) is 0 Å². The highest BCUT2D eigenvalue weighted by atomic mass is 16.2. The maximum absolute atomic E-state index is 8.67. The molecular weight excluding hydrogens is 200 g/mol. The zero-order valence-electron chi connectivity index (χ0n) is 11.0. The Labute approximate surface area is 100 Å². The van der Waals surface area contributed by atoms with Crippen LogP contribution in [0.2, 0.25) is 0 Å². The van der Waals surface area contributed by atoms with Crippen LogP contribution >= 0.6 is 0 Å². The monoisotopic (exact) mass is 228 g/mol. The van der Waals surface area contributed by atoms with Gasteiger partial charge in [-0.25, -0.2) is 0 Å². The van der Waals surface area contributed by atoms with E-state index in [1.165, 1.54) is 32.4 Å². The van der Waals surface area contributed by atoms with E-state index in [2.05, 4.69) is 24.2 Å². The Morgan fingerprint density at radius 2 is 1.88 bits per heavy atom. The smallest absolute Gasteiger partial charge is 0.0431 e. The van der Waals surface area contributed by atoms with Gasteiger partial charge in [-0.05, 0) is 64.2 Å². The molecule has 0 bridgehead atoms. The van der Waals surface area contributed by atoms with E-state index in [0.29, 0.717) is 12.0 Å². The molecule has 3 nitrogen and oxygen atoms in total. The van der Waals surface area contributed by atoms with Gasteiger partial charge in [-0.15, -0.1) is 0 Å². The summed E-state index contributed by atoms with van der Waals surface area (Å²) < 4.78 is 0. The summed E-state index contributed by atoms with van der Waals surface area (Å²) in [6.07, 6.45) is 5.91. The zero-order valence-corrected chi connectivity index (χ0v) is 11.0. The second-order valence-corrected chi connectivity index (χ2v) is 5.57. The maximum Gasteiger partial charge on any atom is 0.0431 e. The predicted octanol–water partition coefficient (Wildman–Crippen LogP) is 1.47. The van der Waals surface area contributed by atoms with E-state index in [1.807, 2.05) is 0 Å². The number of nitrogens with one attached hydrogen (secondary N) is 1. The van der Waals surface area contributed by atoms with Gasteiger partial charge >= 0.3 is 0 Å². The van der Waals surface area contributed by atoms with Crippen molar-refractivity contribution in [3.8, 4) is 0 Å². The van der Waals surface area contributed by atoms with Crippen LogP contribution < -0.4 is 5.32 Å². The van der Waals surface area contributed by atoms with Gasteiger partial charge in [-0.1, -0.05) is 6.92 Å². The third-order valence-electron chi connectivity index (χ3n) is 3.76. The molecule has 0 aromatic carbocycles. The molecular formula is C13H28N2O. The third kappa shape index (κ3) is 5.28. The maximum atomic E-state index is 8.67. The number of unbranched alkanes of at least 4 members (excludes halogenated alkanes) is 2. The second-order valence-electron chi connectivity index (χ2n) is 5.57. The number of nitrogens with zero attached hydrogens (tertiary/aromatic N) is 1. The van der Waals surface area contributed by atoms with Crippen molar-refractivity contribution in [3.05, 3.63) is 0 Å². The lowest BCUT2D eigenvalue weighted by atomic mass is 9.80. The molecule has 0 spiro atoms. The van der Waals surface area contributed by atoms with Crippen molar-refractivity contribution in [2.75, 3.05) is 39.8 Å². The van der Waals surface area contributed by atoms with Crippen LogP contribution in [0.5, 0.6) is 0 Å². The summed E-state index contributed by atoms with van der Waals surface area (Å²) in [5.74, 6) is 0. The van der Waals surface area contributed by atoms with Crippen molar-refractivity contribution < 1.29 is 5.11 Å². The number of rotatable bonds is 7. The molecule has 2 N–H and O–H groups in total. The molecule has 3 heteroatoms. The largest absolute Gasteiger partial charge is 0.396 e. The van der Waals surface area contributed by atoms with Gasteiger partial charge in [0.2, 0.25) is 0 Å². The summed E-state index contributed by atoms with van der Waals surface area (Å²) in [7, 11) is 2.21. The molecule has 96 valence electrons. The minimum atomic E-state index is 0.337. The van der Waals surface area contributed by atoms with E-state index in [4.69, 9.17) is 5.11 Å². The van der Waals surface area contributed by atoms with Gasteiger partial charge in [0, 0.05) is 13.2 Å². The molecule has 0 radical (unpaired) electrons. The van der Waals surface area contributed by atoms with Crippen LogP contribution in [-0.4, -0.2) is 49.8 Å². The molecule has 0 saturated carbocycles. The van der Waals surface area contributed by atoms with Crippen LogP contribution in [0.4, 0.5) is 0 Å². The molecule has 1 saturated heterocycles. The zero-order chi connectivity index (χ0) is 11.9. The van der Waals surface area contributed by atoms with Gasteiger partial charge in [0.15, 0.2) is 0 Å². The highest BCUT2D eigenvalue weighted by Crippen LogP contribution is 2.29. The van der Waals surface area contributed by atoms with Gasteiger partial charge < -0.3 is 15.3 Å². The summed E-state index contributed by atoms with van der Waals surface area (Å²) in [6.45, 7) is 7.47. The second kappa shape index (κ2) is 7.25. The van der Waals surface area contributed by atoms with Crippen LogP contribution in [0.3, 0.4) is 0 Å². The number of hydrogen-bond acceptors (Lipinski definition) is 3. The Kier molecular flexibility index (Phi) is 6.32. The first-order valence-corrected chi connectivity index (χ1v) is 6.66. The summed E-state index contributed by atoms with van der Waals surface area (Å²) in [5.41, 5.74) is 0.503. The first-order chi connectivity index (χ1) is 7.66. The fourth-order valence-electron chi connectivity index (χ4n) is 2.26. The SMILES string of the molecule is CN1CCC(C)(CNCCCCCO)CC1. The minimum Gasteiger partial charge on any atom is -0.396 e. The molecule has 1 heterocycles. The number of hydrogen-bond donors (Lipinski definition) is 2. The van der Waals surface area contributed by atoms with E-state index < -0.39 is 0 Å². The van der Waals surface area contributed by atoms with Gasteiger partial charge in [-0.3, -0.25) is 0 Å². The fourth-order valence-corrected chi connectivity index (χ4v) is 2.26. The Morgan fingerprint density at radius 1 is 1.19 bits per heavy atom. The van der Waals surface area contributed by atoms with Gasteiger partial charge in [-0.2, -0.15) is 0 Å². The highest BCUT2D eigenvalue weighted by Gasteiger charge is 2.27. The summed E-state index contributed by atoms with van der Waals surface area (Å²) in [5, 5.41) is 12.2. The van der Waals surface area contributed by atoms with Crippen molar-refractivity contribution in [2.45, 2.75) is 39.0 Å².